The molecule has 1 nitrogen and oxygen atoms in total. The van der Waals surface area contributed by atoms with Crippen molar-refractivity contribution in [2.45, 2.75) is 66.9 Å². The van der Waals surface area contributed by atoms with E-state index in [0.29, 0.717) is 12.2 Å². The molecule has 0 aliphatic heterocycles. The van der Waals surface area contributed by atoms with Gasteiger partial charge in [-0.1, -0.05) is 86.6 Å². The molecule has 0 N–H and O–H groups in total. The normalized spacial score (nSPS) is 26.5. The molecular formula is C34H44F2OS2. The van der Waals surface area contributed by atoms with E-state index in [4.69, 9.17) is 4.74 Å². The van der Waals surface area contributed by atoms with Crippen LogP contribution >= 0.6 is 24.4 Å². The molecule has 212 valence electrons. The highest BCUT2D eigenvalue weighted by molar-refractivity contribution is 7.98. The molecule has 3 aliphatic rings. The van der Waals surface area contributed by atoms with Crippen LogP contribution < -0.4 is 0 Å². The number of rotatable bonds is 10. The van der Waals surface area contributed by atoms with Gasteiger partial charge in [-0.3, -0.25) is 0 Å². The van der Waals surface area contributed by atoms with Crippen LogP contribution in [0.15, 0.2) is 107 Å². The van der Waals surface area contributed by atoms with Crippen LogP contribution in [0.25, 0.3) is 0 Å². The van der Waals surface area contributed by atoms with E-state index in [1.165, 1.54) is 6.08 Å². The fourth-order valence-corrected chi connectivity index (χ4v) is 6.26. The Balaban J connectivity index is 2.11. The van der Waals surface area contributed by atoms with Crippen molar-refractivity contribution in [3.05, 3.63) is 107 Å². The Morgan fingerprint density at radius 2 is 1.69 bits per heavy atom. The fourth-order valence-electron chi connectivity index (χ4n) is 5.65. The number of thioether (sulfide) groups is 1. The molecule has 0 bridgehead atoms. The van der Waals surface area contributed by atoms with Gasteiger partial charge in [0.1, 0.15) is 5.76 Å². The molecule has 0 aromatic carbocycles. The predicted octanol–water partition coefficient (Wildman–Crippen LogP) is 10.4. The molecule has 0 heterocycles. The molecule has 0 fully saturated rings. The first kappa shape index (κ1) is 31.5. The number of hydrogen-bond acceptors (Lipinski definition) is 3. The lowest BCUT2D eigenvalue weighted by molar-refractivity contribution is -0.177. The largest absolute Gasteiger partial charge is 0.429 e. The second kappa shape index (κ2) is 12.3. The third-order valence-electron chi connectivity index (χ3n) is 7.63. The highest BCUT2D eigenvalue weighted by Gasteiger charge is 2.42. The summed E-state index contributed by atoms with van der Waals surface area (Å²) >= 11 is 6.25. The summed E-state index contributed by atoms with van der Waals surface area (Å²) in [6, 6.07) is 0. The molecule has 0 radical (unpaired) electrons. The first-order valence-electron chi connectivity index (χ1n) is 13.6. The minimum Gasteiger partial charge on any atom is -0.429 e. The Morgan fingerprint density at radius 1 is 0.974 bits per heavy atom. The van der Waals surface area contributed by atoms with Crippen LogP contribution in [0, 0.1) is 16.2 Å². The summed E-state index contributed by atoms with van der Waals surface area (Å²) in [5.41, 5.74) is 3.65. The van der Waals surface area contributed by atoms with Crippen molar-refractivity contribution in [2.75, 3.05) is 17.8 Å². The van der Waals surface area contributed by atoms with Gasteiger partial charge in [0.15, 0.2) is 0 Å². The number of halogens is 2. The van der Waals surface area contributed by atoms with Crippen molar-refractivity contribution < 1.29 is 13.5 Å². The maximum Gasteiger partial charge on any atom is 0.426 e. The van der Waals surface area contributed by atoms with Gasteiger partial charge in [0.25, 0.3) is 0 Å². The molecule has 2 atom stereocenters. The Bertz CT molecular complexity index is 1220. The molecule has 0 aromatic rings. The Hall–Kier alpha value is -1.98. The van der Waals surface area contributed by atoms with Gasteiger partial charge in [-0.05, 0) is 87.2 Å². The highest BCUT2D eigenvalue weighted by Crippen LogP contribution is 2.49. The second-order valence-electron chi connectivity index (χ2n) is 12.1. The summed E-state index contributed by atoms with van der Waals surface area (Å²) in [5, 5.41) is 0. The number of allylic oxidation sites excluding steroid dienone is 14. The van der Waals surface area contributed by atoms with E-state index in [2.05, 4.69) is 64.5 Å². The van der Waals surface area contributed by atoms with E-state index < -0.39 is 16.9 Å². The summed E-state index contributed by atoms with van der Waals surface area (Å²) in [4.78, 5) is 0. The Labute approximate surface area is 244 Å². The summed E-state index contributed by atoms with van der Waals surface area (Å²) in [6.45, 7) is 16.7. The molecule has 0 aromatic heterocycles. The molecule has 0 saturated carbocycles. The van der Waals surface area contributed by atoms with Crippen LogP contribution in [0.2, 0.25) is 0 Å². The van der Waals surface area contributed by atoms with Crippen LogP contribution in [0.1, 0.15) is 60.8 Å². The Kier molecular flexibility index (Phi) is 9.92. The zero-order chi connectivity index (χ0) is 29.1. The summed E-state index contributed by atoms with van der Waals surface area (Å²) in [6.07, 6.45) is 19.9. The number of fused-ring (bicyclic) bond motifs is 1. The fraction of sp³-hybridized carbons (Fsp3) is 0.471. The van der Waals surface area contributed by atoms with Crippen molar-refractivity contribution in [1.29, 1.82) is 0 Å². The highest BCUT2D eigenvalue weighted by atomic mass is 32.2. The lowest BCUT2D eigenvalue weighted by Gasteiger charge is -2.34. The van der Waals surface area contributed by atoms with E-state index in [0.717, 1.165) is 46.5 Å². The van der Waals surface area contributed by atoms with Crippen molar-refractivity contribution in [2.24, 2.45) is 16.2 Å². The average molecular weight is 571 g/mol. The molecule has 3 rings (SSSR count). The van der Waals surface area contributed by atoms with Gasteiger partial charge in [0.05, 0.1) is 5.57 Å². The predicted molar refractivity (Wildman–Crippen MR) is 169 cm³/mol. The van der Waals surface area contributed by atoms with Gasteiger partial charge in [-0.15, -0.1) is 0 Å². The molecule has 0 saturated heterocycles. The minimum atomic E-state index is -3.51. The van der Waals surface area contributed by atoms with Crippen molar-refractivity contribution in [1.82, 2.24) is 0 Å². The number of ether oxygens (including phenoxy) is 1. The van der Waals surface area contributed by atoms with Crippen LogP contribution in [-0.2, 0) is 4.74 Å². The summed E-state index contributed by atoms with van der Waals surface area (Å²) < 4.78 is 37.4. The van der Waals surface area contributed by atoms with Crippen LogP contribution in [0.3, 0.4) is 0 Å². The van der Waals surface area contributed by atoms with E-state index >= 15 is 8.78 Å². The van der Waals surface area contributed by atoms with Crippen LogP contribution in [0.4, 0.5) is 8.78 Å². The van der Waals surface area contributed by atoms with E-state index in [1.54, 1.807) is 30.0 Å². The van der Waals surface area contributed by atoms with E-state index in [9.17, 15) is 0 Å². The zero-order valence-corrected chi connectivity index (χ0v) is 26.2. The SMILES string of the molecule is C=C(CCSC)C1(C)C=C(C)C=C2C=CC(C(F)(F)OC3=CC(C)(C)C=C(C)C=C3)=CC(C)(CCCS)C2=C1. The molecule has 3 aliphatic carbocycles. The first-order valence-corrected chi connectivity index (χ1v) is 15.7. The molecule has 0 spiro atoms. The molecule has 2 unspecified atom stereocenters. The minimum absolute atomic E-state index is 0.135. The van der Waals surface area contributed by atoms with Gasteiger partial charge < -0.3 is 4.74 Å². The van der Waals surface area contributed by atoms with E-state index in [1.807, 2.05) is 39.0 Å². The van der Waals surface area contributed by atoms with E-state index in [-0.39, 0.29) is 16.7 Å². The molecule has 0 amide bonds. The van der Waals surface area contributed by atoms with Gasteiger partial charge >= 0.3 is 6.11 Å². The lowest BCUT2D eigenvalue weighted by atomic mass is 9.70. The number of thiol groups is 1. The lowest BCUT2D eigenvalue weighted by Crippen LogP contribution is -2.26. The summed E-state index contributed by atoms with van der Waals surface area (Å²) in [7, 11) is 0. The molecule has 5 heteroatoms. The topological polar surface area (TPSA) is 9.23 Å². The third-order valence-corrected chi connectivity index (χ3v) is 8.56. The van der Waals surface area contributed by atoms with Crippen LogP contribution in [0.5, 0.6) is 0 Å². The van der Waals surface area contributed by atoms with Crippen molar-refractivity contribution in [3.63, 3.8) is 0 Å². The Morgan fingerprint density at radius 3 is 2.36 bits per heavy atom. The second-order valence-corrected chi connectivity index (χ2v) is 13.5. The zero-order valence-electron chi connectivity index (χ0n) is 24.5. The standard InChI is InChI=1S/C34H44F2OS2/c1-24-10-13-29(22-31(4,5)19-24)37-34(35,36)28-12-11-27-18-25(2)20-33(7,26(3)14-17-39-8)23-30(27)32(6,21-28)15-9-16-38/h10-13,18-23,38H,3,9,14-17H2,1-2,4-8H3. The number of alkyl halides is 2. The molecule has 39 heavy (non-hydrogen) atoms. The maximum absolute atomic E-state index is 16.0. The monoisotopic (exact) mass is 570 g/mol. The third kappa shape index (κ3) is 7.82. The molecular weight excluding hydrogens is 527 g/mol. The quantitative estimate of drug-likeness (QED) is 0.207. The number of hydrogen-bond donors (Lipinski definition) is 1. The van der Waals surface area contributed by atoms with Crippen molar-refractivity contribution >= 4 is 24.4 Å². The van der Waals surface area contributed by atoms with Crippen molar-refractivity contribution in [3.8, 4) is 0 Å². The average Bonchev–Trinajstić information content (AvgIpc) is 3.12. The first-order chi connectivity index (χ1) is 18.1. The maximum atomic E-state index is 16.0. The summed E-state index contributed by atoms with van der Waals surface area (Å²) in [5.74, 6) is 1.84. The van der Waals surface area contributed by atoms with Crippen LogP contribution in [-0.4, -0.2) is 23.9 Å². The van der Waals surface area contributed by atoms with Gasteiger partial charge in [-0.25, -0.2) is 0 Å². The van der Waals surface area contributed by atoms with Gasteiger partial charge in [-0.2, -0.15) is 33.2 Å². The smallest absolute Gasteiger partial charge is 0.426 e. The van der Waals surface area contributed by atoms with Gasteiger partial charge in [0, 0.05) is 16.2 Å². The van der Waals surface area contributed by atoms with Gasteiger partial charge in [0.2, 0.25) is 0 Å².